The number of ether oxygens (including phenoxy) is 1. The van der Waals surface area contributed by atoms with Crippen LogP contribution in [-0.2, 0) is 13.6 Å². The van der Waals surface area contributed by atoms with Crippen LogP contribution in [0.25, 0.3) is 0 Å². The highest BCUT2D eigenvalue weighted by molar-refractivity contribution is 6.73. The summed E-state index contributed by atoms with van der Waals surface area (Å²) in [6.07, 6.45) is 3.03. The fourth-order valence-electron chi connectivity index (χ4n) is 3.93. The first kappa shape index (κ1) is 17.4. The summed E-state index contributed by atoms with van der Waals surface area (Å²) in [5, 5.41) is 9.13. The van der Waals surface area contributed by atoms with Gasteiger partial charge in [-0.05, 0) is 19.3 Å². The van der Waals surface area contributed by atoms with Crippen molar-refractivity contribution in [2.45, 2.75) is 89.2 Å². The molecule has 5 heteroatoms. The highest BCUT2D eigenvalue weighted by atomic mass is 28.4. The molecular formula is C16H32O4Si. The smallest absolute Gasteiger partial charge is 0.349 e. The fourth-order valence-corrected chi connectivity index (χ4v) is 8.92. The highest BCUT2D eigenvalue weighted by Crippen LogP contribution is 2.55. The molecule has 0 saturated carbocycles. The lowest BCUT2D eigenvalue weighted by atomic mass is 10.00. The number of fused-ring (bicyclic) bond motifs is 1. The van der Waals surface area contributed by atoms with Crippen molar-refractivity contribution in [1.29, 1.82) is 0 Å². The number of rotatable bonds is 2. The Labute approximate surface area is 130 Å². The molecule has 0 aromatic rings. The summed E-state index contributed by atoms with van der Waals surface area (Å²) in [4.78, 5) is 0. The van der Waals surface area contributed by atoms with Crippen molar-refractivity contribution in [1.82, 2.24) is 0 Å². The Balaban J connectivity index is 2.15. The zero-order chi connectivity index (χ0) is 15.9. The molecule has 3 atom stereocenters. The largest absolute Gasteiger partial charge is 0.396 e. The summed E-state index contributed by atoms with van der Waals surface area (Å²) in [5.74, 6) is 0. The standard InChI is InChI=1S/C16H32O4Si/c1-15(2,3)21(16(4,5)6)18-11-14-13(20-21)8-7-12(19-14)9-10-17/h12-14,17H,7-11H2,1-6H3/t12-,13+,14-/m1/s1. The van der Waals surface area contributed by atoms with Gasteiger partial charge in [0.25, 0.3) is 0 Å². The Kier molecular flexibility index (Phi) is 4.91. The fraction of sp³-hybridized carbons (Fsp3) is 1.00. The molecule has 2 aliphatic rings. The Morgan fingerprint density at radius 1 is 1.00 bits per heavy atom. The average molecular weight is 317 g/mol. The summed E-state index contributed by atoms with van der Waals surface area (Å²) < 4.78 is 19.1. The van der Waals surface area contributed by atoms with Crippen molar-refractivity contribution >= 4 is 8.56 Å². The first-order chi connectivity index (χ1) is 9.61. The van der Waals surface area contributed by atoms with E-state index in [-0.39, 0.29) is 35.0 Å². The maximum absolute atomic E-state index is 9.08. The molecule has 0 radical (unpaired) electrons. The first-order valence-corrected chi connectivity index (χ1v) is 10.0. The summed E-state index contributed by atoms with van der Waals surface area (Å²) in [6, 6.07) is 0. The van der Waals surface area contributed by atoms with Gasteiger partial charge in [-0.2, -0.15) is 0 Å². The van der Waals surface area contributed by atoms with E-state index in [9.17, 15) is 0 Å². The molecule has 0 aromatic carbocycles. The van der Waals surface area contributed by atoms with Crippen LogP contribution in [0.1, 0.15) is 60.8 Å². The Morgan fingerprint density at radius 2 is 1.62 bits per heavy atom. The van der Waals surface area contributed by atoms with Crippen LogP contribution in [-0.4, -0.2) is 45.2 Å². The molecule has 2 saturated heterocycles. The molecule has 0 aliphatic carbocycles. The van der Waals surface area contributed by atoms with E-state index in [4.69, 9.17) is 18.7 Å². The summed E-state index contributed by atoms with van der Waals surface area (Å²) in [6.45, 7) is 14.3. The number of aliphatic hydroxyl groups is 1. The molecular weight excluding hydrogens is 284 g/mol. The average Bonchev–Trinajstić information content (AvgIpc) is 2.35. The van der Waals surface area contributed by atoms with Crippen molar-refractivity contribution < 1.29 is 18.7 Å². The van der Waals surface area contributed by atoms with E-state index >= 15 is 0 Å². The van der Waals surface area contributed by atoms with Crippen molar-refractivity contribution in [2.75, 3.05) is 13.2 Å². The molecule has 0 aromatic heterocycles. The van der Waals surface area contributed by atoms with Crippen molar-refractivity contribution in [3.63, 3.8) is 0 Å². The minimum absolute atomic E-state index is 0.0260. The van der Waals surface area contributed by atoms with Crippen molar-refractivity contribution in [2.24, 2.45) is 0 Å². The van der Waals surface area contributed by atoms with Gasteiger partial charge in [0.05, 0.1) is 18.8 Å². The van der Waals surface area contributed by atoms with Gasteiger partial charge in [-0.15, -0.1) is 0 Å². The second-order valence-corrected chi connectivity index (χ2v) is 13.2. The minimum atomic E-state index is -2.36. The molecule has 2 fully saturated rings. The van der Waals surface area contributed by atoms with Gasteiger partial charge in [-0.3, -0.25) is 0 Å². The van der Waals surface area contributed by atoms with E-state index in [1.807, 2.05) is 0 Å². The number of hydrogen-bond acceptors (Lipinski definition) is 4. The maximum atomic E-state index is 9.08. The summed E-state index contributed by atoms with van der Waals surface area (Å²) >= 11 is 0. The monoisotopic (exact) mass is 316 g/mol. The van der Waals surface area contributed by atoms with Crippen LogP contribution in [0.5, 0.6) is 0 Å². The minimum Gasteiger partial charge on any atom is -0.396 e. The molecule has 2 heterocycles. The summed E-state index contributed by atoms with van der Waals surface area (Å²) in [7, 11) is -2.36. The number of hydrogen-bond donors (Lipinski definition) is 1. The second kappa shape index (κ2) is 5.93. The van der Waals surface area contributed by atoms with Crippen molar-refractivity contribution in [3.05, 3.63) is 0 Å². The maximum Gasteiger partial charge on any atom is 0.349 e. The molecule has 2 rings (SSSR count). The van der Waals surface area contributed by atoms with Gasteiger partial charge in [-0.1, -0.05) is 41.5 Å². The van der Waals surface area contributed by atoms with Crippen LogP contribution in [0.2, 0.25) is 10.1 Å². The third-order valence-corrected chi connectivity index (χ3v) is 9.91. The van der Waals surface area contributed by atoms with Crippen LogP contribution in [0, 0.1) is 0 Å². The third-order valence-electron chi connectivity index (χ3n) is 4.75. The lowest BCUT2D eigenvalue weighted by Crippen LogP contribution is -2.66. The molecule has 124 valence electrons. The zero-order valence-electron chi connectivity index (χ0n) is 14.4. The molecule has 0 amide bonds. The second-order valence-electron chi connectivity index (χ2n) is 8.47. The molecule has 1 N–H and O–H groups in total. The Bertz CT molecular complexity index is 344. The van der Waals surface area contributed by atoms with Gasteiger partial charge in [0.15, 0.2) is 0 Å². The zero-order valence-corrected chi connectivity index (χ0v) is 15.4. The van der Waals surface area contributed by atoms with E-state index in [1.165, 1.54) is 0 Å². The first-order valence-electron chi connectivity index (χ1n) is 8.19. The molecule has 0 spiro atoms. The van der Waals surface area contributed by atoms with E-state index in [0.717, 1.165) is 12.8 Å². The summed E-state index contributed by atoms with van der Waals surface area (Å²) in [5.41, 5.74) is 0. The van der Waals surface area contributed by atoms with Gasteiger partial charge in [0.1, 0.15) is 6.10 Å². The van der Waals surface area contributed by atoms with Gasteiger partial charge in [0.2, 0.25) is 0 Å². The molecule has 0 bridgehead atoms. The van der Waals surface area contributed by atoms with Crippen LogP contribution in [0.4, 0.5) is 0 Å². The van der Waals surface area contributed by atoms with E-state index in [2.05, 4.69) is 41.5 Å². The van der Waals surface area contributed by atoms with Gasteiger partial charge >= 0.3 is 8.56 Å². The topological polar surface area (TPSA) is 47.9 Å². The van der Waals surface area contributed by atoms with E-state index in [0.29, 0.717) is 13.0 Å². The highest BCUT2D eigenvalue weighted by Gasteiger charge is 2.62. The van der Waals surface area contributed by atoms with E-state index in [1.54, 1.807) is 0 Å². The lowest BCUT2D eigenvalue weighted by Gasteiger charge is -2.56. The van der Waals surface area contributed by atoms with Gasteiger partial charge in [-0.25, -0.2) is 0 Å². The van der Waals surface area contributed by atoms with Crippen LogP contribution < -0.4 is 0 Å². The predicted octanol–water partition coefficient (Wildman–Crippen LogP) is 3.37. The normalized spacial score (nSPS) is 33.6. The Hall–Kier alpha value is 0.0569. The van der Waals surface area contributed by atoms with Crippen molar-refractivity contribution in [3.8, 4) is 0 Å². The van der Waals surface area contributed by atoms with Gasteiger partial charge < -0.3 is 18.7 Å². The molecule has 2 aliphatic heterocycles. The third kappa shape index (κ3) is 3.22. The van der Waals surface area contributed by atoms with Crippen LogP contribution in [0.3, 0.4) is 0 Å². The van der Waals surface area contributed by atoms with E-state index < -0.39 is 8.56 Å². The predicted molar refractivity (Wildman–Crippen MR) is 85.6 cm³/mol. The molecule has 0 unspecified atom stereocenters. The SMILES string of the molecule is CC(C)(C)[Si]1(C(C)(C)C)OC[C@H]2O[C@@H](CCO)CC[C@@H]2O1. The molecule has 4 nitrogen and oxygen atoms in total. The quantitative estimate of drug-likeness (QED) is 0.794. The lowest BCUT2D eigenvalue weighted by molar-refractivity contribution is -0.165. The molecule has 21 heavy (non-hydrogen) atoms. The van der Waals surface area contributed by atoms with Gasteiger partial charge in [0, 0.05) is 16.7 Å². The van der Waals surface area contributed by atoms with Crippen LogP contribution >= 0.6 is 0 Å². The number of aliphatic hydroxyl groups excluding tert-OH is 1. The van der Waals surface area contributed by atoms with Crippen LogP contribution in [0.15, 0.2) is 0 Å². The Morgan fingerprint density at radius 3 is 2.14 bits per heavy atom.